The van der Waals surface area contributed by atoms with Crippen LogP contribution in [0.4, 0.5) is 0 Å². The van der Waals surface area contributed by atoms with Crippen LogP contribution in [0.1, 0.15) is 56.2 Å². The average molecular weight is 333 g/mol. The summed E-state index contributed by atoms with van der Waals surface area (Å²) in [6.45, 7) is 5.07. The SMILES string of the molecule is O=C(CN[C@@H]1CCCN(Cc2noc(C3CC3)n2)C1)N1CCCC1. The minimum atomic E-state index is 0.247. The molecule has 0 aromatic carbocycles. The number of aromatic nitrogens is 2. The molecule has 3 fully saturated rings. The van der Waals surface area contributed by atoms with Gasteiger partial charge in [-0.15, -0.1) is 0 Å². The van der Waals surface area contributed by atoms with E-state index in [9.17, 15) is 4.79 Å². The molecule has 7 heteroatoms. The molecule has 3 heterocycles. The lowest BCUT2D eigenvalue weighted by atomic mass is 10.1. The van der Waals surface area contributed by atoms with Gasteiger partial charge in [0.1, 0.15) is 0 Å². The average Bonchev–Trinajstić information content (AvgIpc) is 3.10. The number of nitrogens with zero attached hydrogens (tertiary/aromatic N) is 4. The molecule has 4 rings (SSSR count). The minimum absolute atomic E-state index is 0.247. The van der Waals surface area contributed by atoms with Crippen LogP contribution < -0.4 is 5.32 Å². The first-order chi connectivity index (χ1) is 11.8. The molecule has 0 radical (unpaired) electrons. The van der Waals surface area contributed by atoms with Gasteiger partial charge in [-0.1, -0.05) is 5.16 Å². The highest BCUT2D eigenvalue weighted by molar-refractivity contribution is 5.78. The van der Waals surface area contributed by atoms with Crippen molar-refractivity contribution in [3.05, 3.63) is 11.7 Å². The summed E-state index contributed by atoms with van der Waals surface area (Å²) in [7, 11) is 0. The molecule has 2 aliphatic heterocycles. The molecule has 1 aliphatic carbocycles. The van der Waals surface area contributed by atoms with Gasteiger partial charge in [-0.25, -0.2) is 0 Å². The van der Waals surface area contributed by atoms with Gasteiger partial charge in [0, 0.05) is 31.6 Å². The number of likely N-dealkylation sites (tertiary alicyclic amines) is 2. The molecule has 1 amide bonds. The predicted octanol–water partition coefficient (Wildman–Crippen LogP) is 1.12. The fourth-order valence-electron chi connectivity index (χ4n) is 3.70. The maximum atomic E-state index is 12.2. The third-order valence-electron chi connectivity index (χ3n) is 5.28. The van der Waals surface area contributed by atoms with Crippen molar-refractivity contribution < 1.29 is 9.32 Å². The summed E-state index contributed by atoms with van der Waals surface area (Å²) in [5, 5.41) is 7.56. The van der Waals surface area contributed by atoms with Crippen molar-refractivity contribution in [3.63, 3.8) is 0 Å². The van der Waals surface area contributed by atoms with E-state index in [-0.39, 0.29) is 5.91 Å². The molecule has 0 bridgehead atoms. The molecular weight excluding hydrogens is 306 g/mol. The van der Waals surface area contributed by atoms with Crippen LogP contribution in [0.5, 0.6) is 0 Å². The van der Waals surface area contributed by atoms with Crippen LogP contribution in [0.15, 0.2) is 4.52 Å². The van der Waals surface area contributed by atoms with E-state index < -0.39 is 0 Å². The first-order valence-electron chi connectivity index (χ1n) is 9.34. The van der Waals surface area contributed by atoms with E-state index >= 15 is 0 Å². The van der Waals surface area contributed by atoms with Crippen molar-refractivity contribution in [2.24, 2.45) is 0 Å². The Morgan fingerprint density at radius 1 is 1.17 bits per heavy atom. The van der Waals surface area contributed by atoms with Crippen LogP contribution in [0.2, 0.25) is 0 Å². The Morgan fingerprint density at radius 3 is 2.79 bits per heavy atom. The topological polar surface area (TPSA) is 74.5 Å². The summed E-state index contributed by atoms with van der Waals surface area (Å²) in [5.74, 6) is 2.37. The van der Waals surface area contributed by atoms with Gasteiger partial charge in [-0.3, -0.25) is 9.69 Å². The van der Waals surface area contributed by atoms with Gasteiger partial charge in [-0.05, 0) is 45.1 Å². The highest BCUT2D eigenvalue weighted by Crippen LogP contribution is 2.38. The number of hydrogen-bond acceptors (Lipinski definition) is 6. The van der Waals surface area contributed by atoms with Crippen LogP contribution in [0, 0.1) is 0 Å². The van der Waals surface area contributed by atoms with Gasteiger partial charge in [-0.2, -0.15) is 4.98 Å². The predicted molar refractivity (Wildman–Crippen MR) is 88.4 cm³/mol. The first kappa shape index (κ1) is 16.0. The smallest absolute Gasteiger partial charge is 0.236 e. The van der Waals surface area contributed by atoms with E-state index in [4.69, 9.17) is 4.52 Å². The second-order valence-electron chi connectivity index (χ2n) is 7.37. The second kappa shape index (κ2) is 7.19. The molecule has 1 saturated carbocycles. The van der Waals surface area contributed by atoms with Crippen molar-refractivity contribution in [1.29, 1.82) is 0 Å². The molecule has 3 aliphatic rings. The number of rotatable bonds is 6. The Morgan fingerprint density at radius 2 is 2.00 bits per heavy atom. The van der Waals surface area contributed by atoms with E-state index in [1.807, 2.05) is 4.90 Å². The quantitative estimate of drug-likeness (QED) is 0.841. The summed E-state index contributed by atoms with van der Waals surface area (Å²) in [5.41, 5.74) is 0. The Hall–Kier alpha value is -1.47. The zero-order chi connectivity index (χ0) is 16.4. The number of amides is 1. The lowest BCUT2D eigenvalue weighted by molar-refractivity contribution is -0.129. The third-order valence-corrected chi connectivity index (χ3v) is 5.28. The zero-order valence-electron chi connectivity index (χ0n) is 14.2. The van der Waals surface area contributed by atoms with Crippen LogP contribution in [-0.4, -0.2) is 64.6 Å². The fourth-order valence-corrected chi connectivity index (χ4v) is 3.70. The Balaban J connectivity index is 1.23. The summed E-state index contributed by atoms with van der Waals surface area (Å²) in [6, 6.07) is 0.375. The van der Waals surface area contributed by atoms with Gasteiger partial charge < -0.3 is 14.7 Å². The largest absolute Gasteiger partial charge is 0.342 e. The van der Waals surface area contributed by atoms with Gasteiger partial charge in [0.25, 0.3) is 0 Å². The maximum absolute atomic E-state index is 12.2. The number of carbonyl (C=O) groups excluding carboxylic acids is 1. The molecule has 1 atom stereocenters. The molecule has 24 heavy (non-hydrogen) atoms. The van der Waals surface area contributed by atoms with Gasteiger partial charge >= 0.3 is 0 Å². The summed E-state index contributed by atoms with van der Waals surface area (Å²) in [4.78, 5) is 21.0. The van der Waals surface area contributed by atoms with E-state index in [0.717, 1.165) is 70.1 Å². The van der Waals surface area contributed by atoms with Crippen LogP contribution in [0.3, 0.4) is 0 Å². The Labute approximate surface area is 142 Å². The fraction of sp³-hybridized carbons (Fsp3) is 0.824. The van der Waals surface area contributed by atoms with Crippen molar-refractivity contribution in [2.75, 3.05) is 32.7 Å². The summed E-state index contributed by atoms with van der Waals surface area (Å²) < 4.78 is 5.34. The van der Waals surface area contributed by atoms with E-state index in [2.05, 4.69) is 20.4 Å². The van der Waals surface area contributed by atoms with Gasteiger partial charge in [0.15, 0.2) is 5.82 Å². The van der Waals surface area contributed by atoms with Crippen molar-refractivity contribution >= 4 is 5.91 Å². The molecule has 0 spiro atoms. The normalized spacial score (nSPS) is 25.3. The molecule has 2 saturated heterocycles. The van der Waals surface area contributed by atoms with Gasteiger partial charge in [0.2, 0.25) is 11.8 Å². The van der Waals surface area contributed by atoms with E-state index in [1.165, 1.54) is 12.8 Å². The van der Waals surface area contributed by atoms with Crippen LogP contribution in [-0.2, 0) is 11.3 Å². The Bertz CT molecular complexity index is 565. The highest BCUT2D eigenvalue weighted by Gasteiger charge is 2.30. The second-order valence-corrected chi connectivity index (χ2v) is 7.37. The summed E-state index contributed by atoms with van der Waals surface area (Å²) >= 11 is 0. The van der Waals surface area contributed by atoms with Crippen molar-refractivity contribution in [3.8, 4) is 0 Å². The lowest BCUT2D eigenvalue weighted by Gasteiger charge is -2.32. The third kappa shape index (κ3) is 3.95. The van der Waals surface area contributed by atoms with E-state index in [0.29, 0.717) is 18.5 Å². The molecule has 132 valence electrons. The molecule has 1 aromatic heterocycles. The van der Waals surface area contributed by atoms with Crippen molar-refractivity contribution in [1.82, 2.24) is 25.3 Å². The monoisotopic (exact) mass is 333 g/mol. The number of carbonyl (C=O) groups is 1. The van der Waals surface area contributed by atoms with E-state index in [1.54, 1.807) is 0 Å². The number of hydrogen-bond donors (Lipinski definition) is 1. The number of piperidine rings is 1. The summed E-state index contributed by atoms with van der Waals surface area (Å²) in [6.07, 6.45) is 6.93. The van der Waals surface area contributed by atoms with Crippen molar-refractivity contribution in [2.45, 2.75) is 57.0 Å². The van der Waals surface area contributed by atoms with Gasteiger partial charge in [0.05, 0.1) is 13.1 Å². The highest BCUT2D eigenvalue weighted by atomic mass is 16.5. The van der Waals surface area contributed by atoms with Crippen LogP contribution >= 0.6 is 0 Å². The maximum Gasteiger partial charge on any atom is 0.236 e. The molecule has 1 N–H and O–H groups in total. The van der Waals surface area contributed by atoms with Crippen LogP contribution in [0.25, 0.3) is 0 Å². The number of nitrogens with one attached hydrogen (secondary N) is 1. The zero-order valence-corrected chi connectivity index (χ0v) is 14.2. The Kier molecular flexibility index (Phi) is 4.80. The molecular formula is C17H27N5O2. The lowest BCUT2D eigenvalue weighted by Crippen LogP contribution is -2.48. The first-order valence-corrected chi connectivity index (χ1v) is 9.34. The molecule has 1 aromatic rings. The molecule has 0 unspecified atom stereocenters. The molecule has 7 nitrogen and oxygen atoms in total. The standard InChI is InChI=1S/C17H27N5O2/c23-16(22-8-1-2-9-22)10-18-14-4-3-7-21(11-14)12-15-19-17(24-20-15)13-5-6-13/h13-14,18H,1-12H2/t14-/m1/s1. The minimum Gasteiger partial charge on any atom is -0.342 e.